The standard InChI is InChI=1S/C14H11BrF2OS/c15-10-3-1-2-4-14(10)19-8-13(18)9-5-6-11(16)12(17)7-9/h1-7,13,18H,8H2. The van der Waals surface area contributed by atoms with Crippen LogP contribution in [-0.2, 0) is 0 Å². The summed E-state index contributed by atoms with van der Waals surface area (Å²) in [5, 5.41) is 9.96. The SMILES string of the molecule is OC(CSc1ccccc1Br)c1ccc(F)c(F)c1. The molecule has 1 atom stereocenters. The Morgan fingerprint density at radius 2 is 1.84 bits per heavy atom. The van der Waals surface area contributed by atoms with E-state index in [0.29, 0.717) is 11.3 Å². The molecule has 0 aliphatic heterocycles. The van der Waals surface area contributed by atoms with E-state index in [-0.39, 0.29) is 0 Å². The molecule has 0 heterocycles. The van der Waals surface area contributed by atoms with E-state index in [0.717, 1.165) is 21.5 Å². The van der Waals surface area contributed by atoms with Gasteiger partial charge < -0.3 is 5.11 Å². The van der Waals surface area contributed by atoms with Crippen molar-refractivity contribution in [3.8, 4) is 0 Å². The maximum absolute atomic E-state index is 13.1. The average Bonchev–Trinajstić information content (AvgIpc) is 2.40. The topological polar surface area (TPSA) is 20.2 Å². The van der Waals surface area contributed by atoms with Gasteiger partial charge in [0.1, 0.15) is 0 Å². The summed E-state index contributed by atoms with van der Waals surface area (Å²) in [4.78, 5) is 0.990. The predicted octanol–water partition coefficient (Wildman–Crippen LogP) is 4.55. The second-order valence-electron chi connectivity index (χ2n) is 3.93. The van der Waals surface area contributed by atoms with Crippen LogP contribution in [-0.4, -0.2) is 10.9 Å². The molecule has 1 N–H and O–H groups in total. The first-order valence-electron chi connectivity index (χ1n) is 5.58. The molecule has 0 saturated carbocycles. The largest absolute Gasteiger partial charge is 0.388 e. The van der Waals surface area contributed by atoms with Crippen LogP contribution in [0, 0.1) is 11.6 Å². The molecule has 5 heteroatoms. The van der Waals surface area contributed by atoms with E-state index in [2.05, 4.69) is 15.9 Å². The van der Waals surface area contributed by atoms with Crippen molar-refractivity contribution in [2.45, 2.75) is 11.0 Å². The molecule has 0 fully saturated rings. The summed E-state index contributed by atoms with van der Waals surface area (Å²) in [6.07, 6.45) is -0.841. The lowest BCUT2D eigenvalue weighted by atomic mass is 10.1. The highest BCUT2D eigenvalue weighted by molar-refractivity contribution is 9.10. The Labute approximate surface area is 122 Å². The summed E-state index contributed by atoms with van der Waals surface area (Å²) in [5.74, 6) is -1.48. The van der Waals surface area contributed by atoms with Gasteiger partial charge in [0.25, 0.3) is 0 Å². The molecule has 100 valence electrons. The fourth-order valence-corrected chi connectivity index (χ4v) is 3.09. The van der Waals surface area contributed by atoms with Crippen molar-refractivity contribution >= 4 is 27.7 Å². The van der Waals surface area contributed by atoms with Crippen LogP contribution >= 0.6 is 27.7 Å². The van der Waals surface area contributed by atoms with Gasteiger partial charge in [-0.15, -0.1) is 11.8 Å². The first-order chi connectivity index (χ1) is 9.08. The van der Waals surface area contributed by atoms with Crippen molar-refractivity contribution < 1.29 is 13.9 Å². The highest BCUT2D eigenvalue weighted by Gasteiger charge is 2.12. The molecule has 2 aromatic carbocycles. The Bertz CT molecular complexity index is 577. The summed E-state index contributed by atoms with van der Waals surface area (Å²) in [6, 6.07) is 11.1. The third kappa shape index (κ3) is 3.78. The number of benzene rings is 2. The second-order valence-corrected chi connectivity index (χ2v) is 5.85. The predicted molar refractivity (Wildman–Crippen MR) is 76.2 cm³/mol. The van der Waals surface area contributed by atoms with Crippen molar-refractivity contribution in [3.05, 3.63) is 64.1 Å². The Morgan fingerprint density at radius 3 is 2.53 bits per heavy atom. The number of halogens is 3. The molecular formula is C14H11BrF2OS. The quantitative estimate of drug-likeness (QED) is 0.821. The summed E-state index contributed by atoms with van der Waals surface area (Å²) >= 11 is 4.86. The van der Waals surface area contributed by atoms with Gasteiger partial charge in [-0.1, -0.05) is 18.2 Å². The number of aliphatic hydroxyl groups is 1. The van der Waals surface area contributed by atoms with Crippen molar-refractivity contribution in [1.29, 1.82) is 0 Å². The van der Waals surface area contributed by atoms with Crippen LogP contribution in [0.2, 0.25) is 0 Å². The first kappa shape index (κ1) is 14.5. The zero-order valence-electron chi connectivity index (χ0n) is 9.82. The minimum atomic E-state index is -0.942. The highest BCUT2D eigenvalue weighted by Crippen LogP contribution is 2.30. The number of hydrogen-bond donors (Lipinski definition) is 1. The zero-order chi connectivity index (χ0) is 13.8. The van der Waals surface area contributed by atoms with Crippen LogP contribution < -0.4 is 0 Å². The van der Waals surface area contributed by atoms with Crippen LogP contribution in [0.3, 0.4) is 0 Å². The Hall–Kier alpha value is -0.910. The van der Waals surface area contributed by atoms with E-state index < -0.39 is 17.7 Å². The lowest BCUT2D eigenvalue weighted by Gasteiger charge is -2.11. The van der Waals surface area contributed by atoms with Crippen molar-refractivity contribution in [2.75, 3.05) is 5.75 Å². The van der Waals surface area contributed by atoms with Crippen LogP contribution in [0.15, 0.2) is 51.8 Å². The molecule has 0 bridgehead atoms. The Balaban J connectivity index is 2.03. The lowest BCUT2D eigenvalue weighted by Crippen LogP contribution is -2.02. The van der Waals surface area contributed by atoms with Crippen LogP contribution in [0.1, 0.15) is 11.7 Å². The molecule has 1 unspecified atom stereocenters. The molecule has 0 spiro atoms. The molecule has 2 rings (SSSR count). The Kier molecular flexibility index (Phi) is 4.96. The summed E-state index contributed by atoms with van der Waals surface area (Å²) in [7, 11) is 0. The molecule has 1 nitrogen and oxygen atoms in total. The molecule has 0 aliphatic carbocycles. The maximum atomic E-state index is 13.1. The molecule has 0 amide bonds. The van der Waals surface area contributed by atoms with E-state index in [1.54, 1.807) is 0 Å². The van der Waals surface area contributed by atoms with E-state index >= 15 is 0 Å². The molecule has 19 heavy (non-hydrogen) atoms. The monoisotopic (exact) mass is 344 g/mol. The Morgan fingerprint density at radius 1 is 1.11 bits per heavy atom. The van der Waals surface area contributed by atoms with Crippen LogP contribution in [0.25, 0.3) is 0 Å². The number of thioether (sulfide) groups is 1. The second kappa shape index (κ2) is 6.50. The van der Waals surface area contributed by atoms with Crippen molar-refractivity contribution in [1.82, 2.24) is 0 Å². The molecule has 0 aromatic heterocycles. The number of hydrogen-bond acceptors (Lipinski definition) is 2. The summed E-state index contributed by atoms with van der Waals surface area (Å²) in [5.41, 5.74) is 0.374. The minimum Gasteiger partial charge on any atom is -0.388 e. The van der Waals surface area contributed by atoms with Gasteiger partial charge in [-0.25, -0.2) is 8.78 Å². The van der Waals surface area contributed by atoms with Gasteiger partial charge in [0.05, 0.1) is 6.10 Å². The van der Waals surface area contributed by atoms with Gasteiger partial charge in [0.2, 0.25) is 0 Å². The third-order valence-corrected chi connectivity index (χ3v) is 4.67. The fourth-order valence-electron chi connectivity index (χ4n) is 1.55. The summed E-state index contributed by atoms with van der Waals surface area (Å²) < 4.78 is 26.8. The fraction of sp³-hybridized carbons (Fsp3) is 0.143. The van der Waals surface area contributed by atoms with Crippen LogP contribution in [0.5, 0.6) is 0 Å². The zero-order valence-corrected chi connectivity index (χ0v) is 12.2. The van der Waals surface area contributed by atoms with E-state index in [1.807, 2.05) is 24.3 Å². The van der Waals surface area contributed by atoms with Crippen LogP contribution in [0.4, 0.5) is 8.78 Å². The molecule has 0 radical (unpaired) electrons. The van der Waals surface area contributed by atoms with Gasteiger partial charge in [-0.3, -0.25) is 0 Å². The molecule has 0 saturated heterocycles. The molecule has 2 aromatic rings. The van der Waals surface area contributed by atoms with Gasteiger partial charge in [-0.2, -0.15) is 0 Å². The lowest BCUT2D eigenvalue weighted by molar-refractivity contribution is 0.203. The first-order valence-corrected chi connectivity index (χ1v) is 7.36. The smallest absolute Gasteiger partial charge is 0.159 e. The highest BCUT2D eigenvalue weighted by atomic mass is 79.9. The van der Waals surface area contributed by atoms with Crippen molar-refractivity contribution in [3.63, 3.8) is 0 Å². The van der Waals surface area contributed by atoms with E-state index in [4.69, 9.17) is 0 Å². The van der Waals surface area contributed by atoms with Gasteiger partial charge in [0.15, 0.2) is 11.6 Å². The van der Waals surface area contributed by atoms with Gasteiger partial charge in [-0.05, 0) is 45.8 Å². The number of aliphatic hydroxyl groups excluding tert-OH is 1. The summed E-state index contributed by atoms with van der Waals surface area (Å²) in [6.45, 7) is 0. The van der Waals surface area contributed by atoms with Crippen molar-refractivity contribution in [2.24, 2.45) is 0 Å². The maximum Gasteiger partial charge on any atom is 0.159 e. The minimum absolute atomic E-state index is 0.369. The normalized spacial score (nSPS) is 12.4. The third-order valence-electron chi connectivity index (χ3n) is 2.56. The molecular weight excluding hydrogens is 334 g/mol. The van der Waals surface area contributed by atoms with E-state index in [9.17, 15) is 13.9 Å². The average molecular weight is 345 g/mol. The van der Waals surface area contributed by atoms with Gasteiger partial charge >= 0.3 is 0 Å². The molecule has 0 aliphatic rings. The number of rotatable bonds is 4. The van der Waals surface area contributed by atoms with E-state index in [1.165, 1.54) is 17.8 Å². The van der Waals surface area contributed by atoms with Gasteiger partial charge in [0, 0.05) is 15.1 Å².